The van der Waals surface area contributed by atoms with Crippen molar-refractivity contribution in [3.63, 3.8) is 0 Å². The first-order valence-electron chi connectivity index (χ1n) is 9.70. The third-order valence-electron chi connectivity index (χ3n) is 4.94. The molecule has 34 heavy (non-hydrogen) atoms. The number of rotatable bonds is 5. The number of nitrogens with zero attached hydrogens (tertiary/aromatic N) is 5. The summed E-state index contributed by atoms with van der Waals surface area (Å²) in [6.45, 7) is -0.960. The lowest BCUT2D eigenvalue weighted by molar-refractivity contribution is -0.207. The molecule has 2 aromatic carbocycles. The fourth-order valence-corrected chi connectivity index (χ4v) is 3.24. The molecule has 1 unspecified atom stereocenters. The molecule has 0 fully saturated rings. The zero-order valence-corrected chi connectivity index (χ0v) is 17.1. The Morgan fingerprint density at radius 3 is 2.32 bits per heavy atom. The average molecular weight is 471 g/mol. The SMILES string of the molecule is OC(Cn1cnnn1)(c1ccc(F)cc1F)C(F)(F)c1ccc(C#Cc2cccc(F)c2)cn1. The summed E-state index contributed by atoms with van der Waals surface area (Å²) in [6, 6.07) is 9.50. The highest BCUT2D eigenvalue weighted by molar-refractivity contribution is 5.42. The Hall–Kier alpha value is -4.17. The van der Waals surface area contributed by atoms with Gasteiger partial charge in [0.2, 0.25) is 0 Å². The first-order chi connectivity index (χ1) is 16.2. The first kappa shape index (κ1) is 23.0. The molecule has 1 N–H and O–H groups in total. The predicted octanol–water partition coefficient (Wildman–Crippen LogP) is 3.57. The average Bonchev–Trinajstić information content (AvgIpc) is 3.30. The van der Waals surface area contributed by atoms with Crippen LogP contribution < -0.4 is 0 Å². The number of pyridine rings is 1. The molecular weight excluding hydrogens is 457 g/mol. The van der Waals surface area contributed by atoms with E-state index in [2.05, 4.69) is 32.4 Å². The number of aliphatic hydroxyl groups is 1. The van der Waals surface area contributed by atoms with Gasteiger partial charge in [0.15, 0.2) is 5.60 Å². The van der Waals surface area contributed by atoms with Gasteiger partial charge < -0.3 is 5.11 Å². The highest BCUT2D eigenvalue weighted by Gasteiger charge is 2.57. The third-order valence-corrected chi connectivity index (χ3v) is 4.94. The van der Waals surface area contributed by atoms with Crippen molar-refractivity contribution >= 4 is 0 Å². The van der Waals surface area contributed by atoms with Crippen molar-refractivity contribution in [1.82, 2.24) is 25.2 Å². The van der Waals surface area contributed by atoms with Gasteiger partial charge in [0.25, 0.3) is 0 Å². The van der Waals surface area contributed by atoms with Crippen molar-refractivity contribution in [3.05, 3.63) is 107 Å². The van der Waals surface area contributed by atoms with Crippen LogP contribution in [0.15, 0.2) is 67.1 Å². The molecular formula is C23H14F5N5O. The summed E-state index contributed by atoms with van der Waals surface area (Å²) in [6.07, 6.45) is 2.00. The van der Waals surface area contributed by atoms with E-state index in [1.807, 2.05) is 0 Å². The Morgan fingerprint density at radius 2 is 1.68 bits per heavy atom. The smallest absolute Gasteiger partial charge is 0.323 e. The van der Waals surface area contributed by atoms with Crippen LogP contribution in [0.2, 0.25) is 0 Å². The van der Waals surface area contributed by atoms with Crippen LogP contribution in [0.1, 0.15) is 22.4 Å². The lowest BCUT2D eigenvalue weighted by atomic mass is 9.84. The molecule has 0 amide bonds. The summed E-state index contributed by atoms with van der Waals surface area (Å²) >= 11 is 0. The Labute approximate surface area is 189 Å². The minimum absolute atomic E-state index is 0.237. The van der Waals surface area contributed by atoms with Gasteiger partial charge in [-0.3, -0.25) is 4.98 Å². The van der Waals surface area contributed by atoms with Crippen molar-refractivity contribution in [3.8, 4) is 11.8 Å². The monoisotopic (exact) mass is 471 g/mol. The van der Waals surface area contributed by atoms with Crippen LogP contribution in [-0.2, 0) is 18.1 Å². The number of halogens is 5. The molecule has 0 aliphatic carbocycles. The van der Waals surface area contributed by atoms with Crippen LogP contribution >= 0.6 is 0 Å². The fourth-order valence-electron chi connectivity index (χ4n) is 3.24. The second-order valence-electron chi connectivity index (χ2n) is 7.26. The molecule has 0 saturated heterocycles. The third kappa shape index (κ3) is 4.49. The van der Waals surface area contributed by atoms with E-state index in [4.69, 9.17) is 0 Å². The molecule has 6 nitrogen and oxygen atoms in total. The summed E-state index contributed by atoms with van der Waals surface area (Å²) in [7, 11) is 0. The number of tetrazole rings is 1. The number of hydrogen-bond acceptors (Lipinski definition) is 5. The van der Waals surface area contributed by atoms with Gasteiger partial charge in [-0.1, -0.05) is 17.9 Å². The van der Waals surface area contributed by atoms with E-state index in [0.717, 1.165) is 35.4 Å². The molecule has 1 atom stereocenters. The maximum Gasteiger partial charge on any atom is 0.323 e. The molecule has 4 rings (SSSR count). The maximum absolute atomic E-state index is 15.7. The normalized spacial score (nSPS) is 13.1. The van der Waals surface area contributed by atoms with Crippen LogP contribution in [0.25, 0.3) is 0 Å². The second-order valence-corrected chi connectivity index (χ2v) is 7.26. The van der Waals surface area contributed by atoms with Gasteiger partial charge in [0, 0.05) is 29.0 Å². The molecule has 11 heteroatoms. The molecule has 0 spiro atoms. The van der Waals surface area contributed by atoms with Crippen LogP contribution in [0.4, 0.5) is 22.0 Å². The van der Waals surface area contributed by atoms with E-state index < -0.39 is 46.8 Å². The minimum Gasteiger partial charge on any atom is -0.377 e. The summed E-state index contributed by atoms with van der Waals surface area (Å²) in [5.41, 5.74) is -4.39. The van der Waals surface area contributed by atoms with Gasteiger partial charge in [-0.05, 0) is 52.9 Å². The van der Waals surface area contributed by atoms with Crippen LogP contribution in [-0.4, -0.2) is 30.3 Å². The molecule has 0 saturated carbocycles. The molecule has 0 aliphatic heterocycles. The Bertz CT molecular complexity index is 1370. The van der Waals surface area contributed by atoms with Gasteiger partial charge in [-0.25, -0.2) is 17.9 Å². The molecule has 0 radical (unpaired) electrons. The summed E-state index contributed by atoms with van der Waals surface area (Å²) in [5, 5.41) is 21.2. The molecule has 0 bridgehead atoms. The van der Waals surface area contributed by atoms with E-state index in [0.29, 0.717) is 11.6 Å². The van der Waals surface area contributed by atoms with Gasteiger partial charge in [0.05, 0.1) is 6.54 Å². The van der Waals surface area contributed by atoms with Crippen molar-refractivity contribution < 1.29 is 27.1 Å². The lowest BCUT2D eigenvalue weighted by Gasteiger charge is -2.35. The quantitative estimate of drug-likeness (QED) is 0.356. The largest absolute Gasteiger partial charge is 0.377 e. The van der Waals surface area contributed by atoms with Gasteiger partial charge in [-0.15, -0.1) is 5.10 Å². The molecule has 172 valence electrons. The van der Waals surface area contributed by atoms with E-state index in [-0.39, 0.29) is 5.56 Å². The molecule has 2 aromatic heterocycles. The molecule has 2 heterocycles. The highest BCUT2D eigenvalue weighted by atomic mass is 19.3. The summed E-state index contributed by atoms with van der Waals surface area (Å²) < 4.78 is 73.3. The topological polar surface area (TPSA) is 76.7 Å². The van der Waals surface area contributed by atoms with Crippen molar-refractivity contribution in [1.29, 1.82) is 0 Å². The summed E-state index contributed by atoms with van der Waals surface area (Å²) in [4.78, 5) is 3.70. The van der Waals surface area contributed by atoms with Crippen molar-refractivity contribution in [2.24, 2.45) is 0 Å². The zero-order valence-electron chi connectivity index (χ0n) is 17.1. The van der Waals surface area contributed by atoms with Crippen LogP contribution in [0.3, 0.4) is 0 Å². The predicted molar refractivity (Wildman–Crippen MR) is 109 cm³/mol. The Balaban J connectivity index is 1.71. The van der Waals surface area contributed by atoms with Gasteiger partial charge in [-0.2, -0.15) is 8.78 Å². The molecule has 0 aliphatic rings. The standard InChI is InChI=1S/C23H14F5N5O/c24-17-3-1-2-15(10-17)4-5-16-6-9-21(29-12-16)23(27,28)22(34,13-33-14-30-31-32-33)19-8-7-18(25)11-20(19)26/h1-3,6-12,14,34H,13H2. The lowest BCUT2D eigenvalue weighted by Crippen LogP contribution is -2.48. The van der Waals surface area contributed by atoms with E-state index in [1.165, 1.54) is 24.3 Å². The number of hydrogen-bond donors (Lipinski definition) is 1. The zero-order chi connectivity index (χ0) is 24.3. The Kier molecular flexibility index (Phi) is 6.08. The van der Waals surface area contributed by atoms with Crippen molar-refractivity contribution in [2.45, 2.75) is 18.1 Å². The fraction of sp³-hybridized carbons (Fsp3) is 0.130. The first-order valence-corrected chi connectivity index (χ1v) is 9.70. The van der Waals surface area contributed by atoms with E-state index in [1.54, 1.807) is 6.07 Å². The number of benzene rings is 2. The van der Waals surface area contributed by atoms with Gasteiger partial charge >= 0.3 is 5.92 Å². The highest BCUT2D eigenvalue weighted by Crippen LogP contribution is 2.46. The number of alkyl halides is 2. The molecule has 4 aromatic rings. The summed E-state index contributed by atoms with van der Waals surface area (Å²) in [5.74, 6) is -1.69. The van der Waals surface area contributed by atoms with E-state index >= 15 is 8.78 Å². The van der Waals surface area contributed by atoms with E-state index in [9.17, 15) is 18.3 Å². The van der Waals surface area contributed by atoms with Gasteiger partial charge in [0.1, 0.15) is 29.5 Å². The maximum atomic E-state index is 15.7. The van der Waals surface area contributed by atoms with Crippen LogP contribution in [0.5, 0.6) is 0 Å². The second kappa shape index (κ2) is 8.99. The van der Waals surface area contributed by atoms with Crippen molar-refractivity contribution in [2.75, 3.05) is 0 Å². The van der Waals surface area contributed by atoms with Crippen LogP contribution in [0, 0.1) is 29.3 Å². The Morgan fingerprint density at radius 1 is 0.912 bits per heavy atom. The number of aromatic nitrogens is 5. The minimum atomic E-state index is -4.17.